The van der Waals surface area contributed by atoms with Gasteiger partial charge in [0, 0.05) is 5.70 Å². The van der Waals surface area contributed by atoms with Gasteiger partial charge in [0.1, 0.15) is 14.0 Å². The van der Waals surface area contributed by atoms with Crippen LogP contribution >= 0.6 is 0 Å². The second kappa shape index (κ2) is 4.53. The molecule has 0 atom stereocenters. The van der Waals surface area contributed by atoms with Crippen LogP contribution in [0.5, 0.6) is 5.75 Å². The van der Waals surface area contributed by atoms with Crippen LogP contribution in [0.1, 0.15) is 5.56 Å². The van der Waals surface area contributed by atoms with Crippen molar-refractivity contribution in [3.05, 3.63) is 36.4 Å². The smallest absolute Gasteiger partial charge is 0.144 e. The van der Waals surface area contributed by atoms with Crippen molar-refractivity contribution in [1.29, 1.82) is 0 Å². The summed E-state index contributed by atoms with van der Waals surface area (Å²) in [5.41, 5.74) is 2.12. The fourth-order valence-electron chi connectivity index (χ4n) is 1.32. The van der Waals surface area contributed by atoms with Gasteiger partial charge in [0.15, 0.2) is 0 Å². The first-order valence-corrected chi connectivity index (χ1v) is 8.54. The second-order valence-electron chi connectivity index (χ2n) is 4.58. The molecule has 1 N–H and O–H groups in total. The molecule has 0 spiro atoms. The van der Waals surface area contributed by atoms with E-state index in [2.05, 4.69) is 31.2 Å². The molecule has 0 fully saturated rings. The Morgan fingerprint density at radius 3 is 2.13 bits per heavy atom. The fraction of sp³-hybridized carbons (Fsp3) is 0.333. The number of rotatable bonds is 4. The summed E-state index contributed by atoms with van der Waals surface area (Å²) in [5.74, 6) is 0.875. The maximum Gasteiger partial charge on any atom is 0.144 e. The van der Waals surface area contributed by atoms with Crippen LogP contribution in [0.25, 0.3) is 5.70 Å². The molecule has 1 rings (SSSR count). The molecule has 0 heterocycles. The average Bonchev–Trinajstić information content (AvgIpc) is 2.15. The summed E-state index contributed by atoms with van der Waals surface area (Å²) in [6.07, 6.45) is 0. The molecule has 0 aliphatic rings. The molecule has 3 heteroatoms. The van der Waals surface area contributed by atoms with E-state index in [1.165, 1.54) is 0 Å². The van der Waals surface area contributed by atoms with Crippen LogP contribution in [0.2, 0.25) is 19.6 Å². The second-order valence-corrected chi connectivity index (χ2v) is 9.33. The topological polar surface area (TPSA) is 21.3 Å². The highest BCUT2D eigenvalue weighted by atomic mass is 28.3. The largest absolute Gasteiger partial charge is 0.497 e. The van der Waals surface area contributed by atoms with Crippen molar-refractivity contribution in [3.8, 4) is 5.75 Å². The van der Waals surface area contributed by atoms with Crippen LogP contribution in [-0.2, 0) is 0 Å². The monoisotopic (exact) mass is 221 g/mol. The van der Waals surface area contributed by atoms with Crippen molar-refractivity contribution >= 4 is 13.9 Å². The summed E-state index contributed by atoms with van der Waals surface area (Å²) < 4.78 is 5.11. The first kappa shape index (κ1) is 11.8. The third kappa shape index (κ3) is 3.79. The Morgan fingerprint density at radius 1 is 1.20 bits per heavy atom. The zero-order valence-corrected chi connectivity index (χ0v) is 10.9. The Bertz CT molecular complexity index is 338. The van der Waals surface area contributed by atoms with E-state index in [0.717, 1.165) is 17.0 Å². The molecule has 1 aromatic carbocycles. The van der Waals surface area contributed by atoms with Crippen LogP contribution in [0.15, 0.2) is 30.8 Å². The van der Waals surface area contributed by atoms with Gasteiger partial charge in [-0.1, -0.05) is 26.2 Å². The van der Waals surface area contributed by atoms with Crippen molar-refractivity contribution < 1.29 is 4.74 Å². The molecule has 1 aromatic rings. The minimum absolute atomic E-state index is 0.875. The number of hydrogen-bond donors (Lipinski definition) is 1. The lowest BCUT2D eigenvalue weighted by Crippen LogP contribution is -2.39. The van der Waals surface area contributed by atoms with E-state index in [9.17, 15) is 0 Å². The molecule has 2 nitrogen and oxygen atoms in total. The Hall–Kier alpha value is -1.22. The van der Waals surface area contributed by atoms with E-state index >= 15 is 0 Å². The van der Waals surface area contributed by atoms with E-state index in [1.54, 1.807) is 7.11 Å². The van der Waals surface area contributed by atoms with Crippen molar-refractivity contribution in [2.75, 3.05) is 7.11 Å². The molecular formula is C12H19NOSi. The standard InChI is InChI=1S/C12H19NOSi/c1-10(13-15(3,4)5)11-6-8-12(14-2)9-7-11/h6-9,13H,1H2,2-5H3. The third-order valence-electron chi connectivity index (χ3n) is 1.96. The first-order chi connectivity index (χ1) is 6.92. The number of hydrogen-bond acceptors (Lipinski definition) is 2. The minimum Gasteiger partial charge on any atom is -0.497 e. The zero-order chi connectivity index (χ0) is 11.5. The predicted octanol–water partition coefficient (Wildman–Crippen LogP) is 3.09. The van der Waals surface area contributed by atoms with Gasteiger partial charge < -0.3 is 9.72 Å². The Balaban J connectivity index is 2.75. The lowest BCUT2D eigenvalue weighted by atomic mass is 10.2. The van der Waals surface area contributed by atoms with Crippen molar-refractivity contribution in [2.24, 2.45) is 0 Å². The van der Waals surface area contributed by atoms with Gasteiger partial charge in [-0.25, -0.2) is 0 Å². The van der Waals surface area contributed by atoms with Crippen LogP contribution in [0, 0.1) is 0 Å². The van der Waals surface area contributed by atoms with Crippen molar-refractivity contribution in [1.82, 2.24) is 4.98 Å². The van der Waals surface area contributed by atoms with Gasteiger partial charge in [0.2, 0.25) is 0 Å². The van der Waals surface area contributed by atoms with Crippen molar-refractivity contribution in [3.63, 3.8) is 0 Å². The molecular weight excluding hydrogens is 202 g/mol. The summed E-state index contributed by atoms with van der Waals surface area (Å²) in [4.78, 5) is 3.48. The van der Waals surface area contributed by atoms with Gasteiger partial charge >= 0.3 is 0 Å². The molecule has 82 valence electrons. The van der Waals surface area contributed by atoms with Gasteiger partial charge in [-0.3, -0.25) is 0 Å². The lowest BCUT2D eigenvalue weighted by molar-refractivity contribution is 0.415. The van der Waals surface area contributed by atoms with Gasteiger partial charge in [-0.05, 0) is 29.8 Å². The van der Waals surface area contributed by atoms with Gasteiger partial charge in [-0.2, -0.15) is 0 Å². The molecule has 0 saturated carbocycles. The summed E-state index contributed by atoms with van der Waals surface area (Å²) in [6.45, 7) is 10.8. The van der Waals surface area contributed by atoms with Crippen molar-refractivity contribution in [2.45, 2.75) is 19.6 Å². The Morgan fingerprint density at radius 2 is 1.73 bits per heavy atom. The summed E-state index contributed by atoms with van der Waals surface area (Å²) in [6, 6.07) is 7.95. The van der Waals surface area contributed by atoms with Gasteiger partial charge in [0.05, 0.1) is 7.11 Å². The molecule has 0 bridgehead atoms. The van der Waals surface area contributed by atoms with Gasteiger partial charge in [-0.15, -0.1) is 0 Å². The fourth-order valence-corrected chi connectivity index (χ4v) is 2.37. The third-order valence-corrected chi connectivity index (χ3v) is 3.02. The first-order valence-electron chi connectivity index (χ1n) is 5.04. The SMILES string of the molecule is C=C(N[Si](C)(C)C)c1ccc(OC)cc1. The highest BCUT2D eigenvalue weighted by Gasteiger charge is 2.13. The van der Waals surface area contributed by atoms with Gasteiger partial charge in [0.25, 0.3) is 0 Å². The molecule has 15 heavy (non-hydrogen) atoms. The Kier molecular flexibility index (Phi) is 3.58. The normalized spacial score (nSPS) is 10.9. The molecule has 0 aliphatic heterocycles. The molecule has 0 amide bonds. The quantitative estimate of drug-likeness (QED) is 0.789. The molecule has 0 radical (unpaired) electrons. The van der Waals surface area contributed by atoms with E-state index in [-0.39, 0.29) is 0 Å². The Labute approximate surface area is 93.1 Å². The summed E-state index contributed by atoms with van der Waals surface area (Å²) in [7, 11) is 0.365. The van der Waals surface area contributed by atoms with E-state index < -0.39 is 8.24 Å². The molecule has 0 saturated heterocycles. The van der Waals surface area contributed by atoms with E-state index in [0.29, 0.717) is 0 Å². The average molecular weight is 221 g/mol. The van der Waals surface area contributed by atoms with E-state index in [4.69, 9.17) is 4.74 Å². The van der Waals surface area contributed by atoms with Crippen LogP contribution < -0.4 is 9.72 Å². The molecule has 0 aromatic heterocycles. The highest BCUT2D eigenvalue weighted by Crippen LogP contribution is 2.16. The van der Waals surface area contributed by atoms with Crippen LogP contribution in [0.3, 0.4) is 0 Å². The maximum atomic E-state index is 5.11. The highest BCUT2D eigenvalue weighted by molar-refractivity contribution is 6.74. The number of methoxy groups -OCH3 is 1. The maximum absolute atomic E-state index is 5.11. The number of benzene rings is 1. The molecule has 0 unspecified atom stereocenters. The number of nitrogens with one attached hydrogen (secondary N) is 1. The lowest BCUT2D eigenvalue weighted by Gasteiger charge is -2.21. The summed E-state index contributed by atoms with van der Waals surface area (Å²) >= 11 is 0. The zero-order valence-electron chi connectivity index (χ0n) is 9.92. The predicted molar refractivity (Wildman–Crippen MR) is 68.5 cm³/mol. The van der Waals surface area contributed by atoms with E-state index in [1.807, 2.05) is 24.3 Å². The molecule has 0 aliphatic carbocycles. The number of ether oxygens (including phenoxy) is 1. The minimum atomic E-state index is -1.31. The summed E-state index contributed by atoms with van der Waals surface area (Å²) in [5, 5.41) is 0. The van der Waals surface area contributed by atoms with Crippen LogP contribution in [0.4, 0.5) is 0 Å². The van der Waals surface area contributed by atoms with Crippen LogP contribution in [-0.4, -0.2) is 15.3 Å².